The van der Waals surface area contributed by atoms with Gasteiger partial charge in [-0.2, -0.15) is 0 Å². The standard InChI is InChI=1S/C12H10O.2C10H11NO/c13-12-8-6-11(7-9-12)10-4-2-1-3-5-10;2*1-10(12)7-6-8-4-2-3-5-9(8)11-10/h1-9,13H;2*2-7,11-12H,1H3. The zero-order valence-corrected chi connectivity index (χ0v) is 21.0. The van der Waals surface area contributed by atoms with E-state index in [0.717, 1.165) is 28.1 Å². The highest BCUT2D eigenvalue weighted by molar-refractivity contribution is 5.72. The van der Waals surface area contributed by atoms with Crippen molar-refractivity contribution in [3.05, 3.63) is 126 Å². The summed E-state index contributed by atoms with van der Waals surface area (Å²) in [6.07, 6.45) is 7.34. The first kappa shape index (κ1) is 25.8. The Morgan fingerprint density at radius 2 is 0.919 bits per heavy atom. The summed E-state index contributed by atoms with van der Waals surface area (Å²) < 4.78 is 0. The first-order valence-corrected chi connectivity index (χ1v) is 12.1. The van der Waals surface area contributed by atoms with E-state index in [1.165, 1.54) is 5.56 Å². The molecule has 2 aliphatic heterocycles. The highest BCUT2D eigenvalue weighted by Crippen LogP contribution is 2.27. The molecule has 0 saturated carbocycles. The third-order valence-electron chi connectivity index (χ3n) is 5.85. The van der Waals surface area contributed by atoms with Crippen LogP contribution in [0.2, 0.25) is 0 Å². The van der Waals surface area contributed by atoms with Gasteiger partial charge in [0.05, 0.1) is 0 Å². The van der Waals surface area contributed by atoms with Crippen LogP contribution in [0.15, 0.2) is 115 Å². The largest absolute Gasteiger partial charge is 0.508 e. The average Bonchev–Trinajstić information content (AvgIpc) is 2.89. The van der Waals surface area contributed by atoms with E-state index in [1.54, 1.807) is 38.1 Å². The molecule has 0 radical (unpaired) electrons. The van der Waals surface area contributed by atoms with Gasteiger partial charge in [-0.3, -0.25) is 0 Å². The molecule has 2 atom stereocenters. The molecule has 2 unspecified atom stereocenters. The average molecular weight is 493 g/mol. The Morgan fingerprint density at radius 3 is 1.41 bits per heavy atom. The SMILES string of the molecule is CC1(O)C=Cc2ccccc2N1.CC1(O)C=Cc2ccccc2N1.Oc1ccc(-c2ccccc2)cc1. The Hall–Kier alpha value is -4.32. The second kappa shape index (κ2) is 11.2. The fourth-order valence-electron chi connectivity index (χ4n) is 3.93. The molecule has 188 valence electrons. The van der Waals surface area contributed by atoms with Crippen LogP contribution in [0.5, 0.6) is 5.75 Å². The van der Waals surface area contributed by atoms with Gasteiger partial charge in [0.25, 0.3) is 0 Å². The number of phenolic OH excluding ortho intramolecular Hbond substituents is 1. The lowest BCUT2D eigenvalue weighted by Gasteiger charge is -2.27. The van der Waals surface area contributed by atoms with E-state index in [9.17, 15) is 10.2 Å². The number of phenols is 1. The minimum atomic E-state index is -0.908. The number of fused-ring (bicyclic) bond motifs is 2. The van der Waals surface area contributed by atoms with Crippen molar-refractivity contribution in [1.29, 1.82) is 0 Å². The molecule has 4 aromatic carbocycles. The van der Waals surface area contributed by atoms with E-state index >= 15 is 0 Å². The molecular weight excluding hydrogens is 460 g/mol. The fourth-order valence-corrected chi connectivity index (χ4v) is 3.93. The first-order valence-electron chi connectivity index (χ1n) is 12.1. The van der Waals surface area contributed by atoms with E-state index in [2.05, 4.69) is 10.6 Å². The van der Waals surface area contributed by atoms with Crippen LogP contribution in [0.4, 0.5) is 11.4 Å². The summed E-state index contributed by atoms with van der Waals surface area (Å²) in [6, 6.07) is 33.1. The lowest BCUT2D eigenvalue weighted by molar-refractivity contribution is 0.142. The number of benzene rings is 4. The number of nitrogens with one attached hydrogen (secondary N) is 2. The predicted molar refractivity (Wildman–Crippen MR) is 153 cm³/mol. The quantitative estimate of drug-likeness (QED) is 0.204. The number of anilines is 2. The zero-order valence-electron chi connectivity index (χ0n) is 21.0. The third kappa shape index (κ3) is 7.34. The number of aliphatic hydroxyl groups is 2. The number of rotatable bonds is 1. The van der Waals surface area contributed by atoms with E-state index < -0.39 is 11.4 Å². The van der Waals surface area contributed by atoms with Crippen LogP contribution in [-0.4, -0.2) is 26.8 Å². The minimum absolute atomic E-state index is 0.305. The smallest absolute Gasteiger partial charge is 0.152 e. The number of aromatic hydroxyl groups is 1. The van der Waals surface area contributed by atoms with Crippen molar-refractivity contribution in [3.63, 3.8) is 0 Å². The predicted octanol–water partition coefficient (Wildman–Crippen LogP) is 6.73. The normalized spacial score (nSPS) is 20.4. The van der Waals surface area contributed by atoms with Crippen molar-refractivity contribution in [2.75, 3.05) is 10.6 Å². The van der Waals surface area contributed by atoms with Crippen molar-refractivity contribution < 1.29 is 15.3 Å². The van der Waals surface area contributed by atoms with E-state index in [-0.39, 0.29) is 0 Å². The van der Waals surface area contributed by atoms with Crippen LogP contribution in [0.25, 0.3) is 23.3 Å². The lowest BCUT2D eigenvalue weighted by Crippen LogP contribution is -2.33. The maximum absolute atomic E-state index is 9.62. The molecule has 6 rings (SSSR count). The molecule has 0 aliphatic carbocycles. The van der Waals surface area contributed by atoms with Crippen LogP contribution < -0.4 is 10.6 Å². The molecule has 0 saturated heterocycles. The van der Waals surface area contributed by atoms with Crippen LogP contribution in [0.1, 0.15) is 25.0 Å². The molecule has 2 heterocycles. The van der Waals surface area contributed by atoms with Gasteiger partial charge in [-0.15, -0.1) is 0 Å². The summed E-state index contributed by atoms with van der Waals surface area (Å²) in [5.74, 6) is 0.305. The molecule has 4 aromatic rings. The van der Waals surface area contributed by atoms with Gasteiger partial charge in [-0.05, 0) is 72.5 Å². The topological polar surface area (TPSA) is 84.8 Å². The molecular formula is C32H32N2O3. The van der Waals surface area contributed by atoms with E-state index in [0.29, 0.717) is 5.75 Å². The summed E-state index contributed by atoms with van der Waals surface area (Å²) in [7, 11) is 0. The number of hydrogen-bond acceptors (Lipinski definition) is 5. The van der Waals surface area contributed by atoms with E-state index in [4.69, 9.17) is 5.11 Å². The van der Waals surface area contributed by atoms with Gasteiger partial charge in [0.1, 0.15) is 5.75 Å². The van der Waals surface area contributed by atoms with Crippen LogP contribution in [-0.2, 0) is 0 Å². The second-order valence-corrected chi connectivity index (χ2v) is 9.30. The van der Waals surface area contributed by atoms with Gasteiger partial charge in [0, 0.05) is 11.4 Å². The van der Waals surface area contributed by atoms with Crippen molar-refractivity contribution in [2.24, 2.45) is 0 Å². The van der Waals surface area contributed by atoms with Gasteiger partial charge in [-0.25, -0.2) is 0 Å². The number of para-hydroxylation sites is 2. The summed E-state index contributed by atoms with van der Waals surface area (Å²) in [4.78, 5) is 0. The molecule has 5 heteroatoms. The molecule has 5 nitrogen and oxygen atoms in total. The molecule has 37 heavy (non-hydrogen) atoms. The molecule has 0 amide bonds. The van der Waals surface area contributed by atoms with Gasteiger partial charge >= 0.3 is 0 Å². The second-order valence-electron chi connectivity index (χ2n) is 9.30. The third-order valence-corrected chi connectivity index (χ3v) is 5.85. The van der Waals surface area contributed by atoms with Gasteiger partial charge in [0.2, 0.25) is 0 Å². The van der Waals surface area contributed by atoms with Crippen LogP contribution in [0, 0.1) is 0 Å². The van der Waals surface area contributed by atoms with Crippen molar-refractivity contribution in [2.45, 2.75) is 25.3 Å². The van der Waals surface area contributed by atoms with Gasteiger partial charge in [-0.1, -0.05) is 91.0 Å². The van der Waals surface area contributed by atoms with Crippen LogP contribution in [0.3, 0.4) is 0 Å². The maximum atomic E-state index is 9.62. The summed E-state index contributed by atoms with van der Waals surface area (Å²) in [6.45, 7) is 3.44. The monoisotopic (exact) mass is 492 g/mol. The van der Waals surface area contributed by atoms with Crippen molar-refractivity contribution in [3.8, 4) is 16.9 Å². The molecule has 0 bridgehead atoms. The Morgan fingerprint density at radius 1 is 0.514 bits per heavy atom. The van der Waals surface area contributed by atoms with Crippen molar-refractivity contribution >= 4 is 23.5 Å². The molecule has 0 aromatic heterocycles. The van der Waals surface area contributed by atoms with Crippen molar-refractivity contribution in [1.82, 2.24) is 0 Å². The minimum Gasteiger partial charge on any atom is -0.508 e. The first-order chi connectivity index (χ1) is 17.7. The van der Waals surface area contributed by atoms with Crippen LogP contribution >= 0.6 is 0 Å². The Balaban J connectivity index is 0.000000130. The number of hydrogen-bond donors (Lipinski definition) is 5. The fraction of sp³-hybridized carbons (Fsp3) is 0.125. The molecule has 0 fully saturated rings. The summed E-state index contributed by atoms with van der Waals surface area (Å²) in [5, 5.41) is 34.4. The lowest BCUT2D eigenvalue weighted by atomic mass is 10.0. The summed E-state index contributed by atoms with van der Waals surface area (Å²) in [5.41, 5.74) is 4.66. The summed E-state index contributed by atoms with van der Waals surface area (Å²) >= 11 is 0. The maximum Gasteiger partial charge on any atom is 0.152 e. The zero-order chi connectivity index (χ0) is 26.3. The Bertz CT molecular complexity index is 1310. The van der Waals surface area contributed by atoms with E-state index in [1.807, 2.05) is 103 Å². The van der Waals surface area contributed by atoms with Gasteiger partial charge in [0.15, 0.2) is 11.4 Å². The van der Waals surface area contributed by atoms with Gasteiger partial charge < -0.3 is 26.0 Å². The molecule has 5 N–H and O–H groups in total. The Labute approximate surface area is 218 Å². The highest BCUT2D eigenvalue weighted by atomic mass is 16.3. The highest BCUT2D eigenvalue weighted by Gasteiger charge is 2.20. The molecule has 0 spiro atoms. The Kier molecular flexibility index (Phi) is 7.77. The molecule has 2 aliphatic rings.